The van der Waals surface area contributed by atoms with Crippen LogP contribution in [0.3, 0.4) is 0 Å². The lowest BCUT2D eigenvalue weighted by atomic mass is 10.1. The lowest BCUT2D eigenvalue weighted by Crippen LogP contribution is -2.34. The highest BCUT2D eigenvalue weighted by molar-refractivity contribution is 9.10. The Morgan fingerprint density at radius 3 is 2.29 bits per heavy atom. The van der Waals surface area contributed by atoms with Crippen LogP contribution >= 0.6 is 15.9 Å². The van der Waals surface area contributed by atoms with E-state index in [0.29, 0.717) is 17.6 Å². The van der Waals surface area contributed by atoms with E-state index in [9.17, 15) is 12.8 Å². The summed E-state index contributed by atoms with van der Waals surface area (Å²) in [6.45, 7) is 0.305. The summed E-state index contributed by atoms with van der Waals surface area (Å²) in [6.07, 6.45) is 4.70. The molecule has 1 saturated heterocycles. The molecule has 1 heterocycles. The Labute approximate surface area is 133 Å². The second kappa shape index (κ2) is 7.17. The normalized spacial score (nSPS) is 18.2. The molecule has 7 heteroatoms. The van der Waals surface area contributed by atoms with Gasteiger partial charge in [0.1, 0.15) is 10.7 Å². The molecule has 2 rings (SSSR count). The molecule has 0 atom stereocenters. The Morgan fingerprint density at radius 1 is 1.14 bits per heavy atom. The first kappa shape index (κ1) is 16.9. The van der Waals surface area contributed by atoms with Gasteiger partial charge < -0.3 is 5.11 Å². The van der Waals surface area contributed by atoms with Crippen LogP contribution < -0.4 is 0 Å². The fraction of sp³-hybridized carbons (Fsp3) is 0.571. The maximum atomic E-state index is 14.3. The maximum Gasteiger partial charge on any atom is 0.246 e. The monoisotopic (exact) mass is 379 g/mol. The van der Waals surface area contributed by atoms with Gasteiger partial charge >= 0.3 is 0 Å². The van der Waals surface area contributed by atoms with Gasteiger partial charge in [-0.25, -0.2) is 12.8 Å². The van der Waals surface area contributed by atoms with Gasteiger partial charge in [0.15, 0.2) is 0 Å². The minimum atomic E-state index is -3.87. The van der Waals surface area contributed by atoms with E-state index < -0.39 is 22.4 Å². The van der Waals surface area contributed by atoms with Gasteiger partial charge in [-0.2, -0.15) is 4.31 Å². The molecular formula is C14H19BrFNO3S. The summed E-state index contributed by atoms with van der Waals surface area (Å²) >= 11 is 3.17. The topological polar surface area (TPSA) is 57.6 Å². The minimum absolute atomic E-state index is 0.0185. The van der Waals surface area contributed by atoms with Gasteiger partial charge in [-0.1, -0.05) is 35.2 Å². The van der Waals surface area contributed by atoms with E-state index >= 15 is 0 Å². The number of hydrogen-bond acceptors (Lipinski definition) is 3. The molecule has 1 fully saturated rings. The Balaban J connectivity index is 2.40. The fourth-order valence-electron chi connectivity index (χ4n) is 2.52. The number of sulfonamides is 1. The van der Waals surface area contributed by atoms with E-state index in [0.717, 1.165) is 32.1 Å². The van der Waals surface area contributed by atoms with Crippen LogP contribution in [0.2, 0.25) is 0 Å². The van der Waals surface area contributed by atoms with Gasteiger partial charge in [0, 0.05) is 23.1 Å². The average molecular weight is 380 g/mol. The zero-order valence-corrected chi connectivity index (χ0v) is 14.1. The van der Waals surface area contributed by atoms with Crippen LogP contribution in [0, 0.1) is 5.82 Å². The maximum absolute atomic E-state index is 14.3. The number of aliphatic hydroxyl groups excluding tert-OH is 1. The molecule has 21 heavy (non-hydrogen) atoms. The van der Waals surface area contributed by atoms with Gasteiger partial charge in [-0.15, -0.1) is 0 Å². The van der Waals surface area contributed by atoms with Crippen molar-refractivity contribution < 1.29 is 17.9 Å². The summed E-state index contributed by atoms with van der Waals surface area (Å²) in [4.78, 5) is -0.360. The van der Waals surface area contributed by atoms with Crippen molar-refractivity contribution >= 4 is 26.0 Å². The van der Waals surface area contributed by atoms with Crippen molar-refractivity contribution in [3.05, 3.63) is 28.0 Å². The largest absolute Gasteiger partial charge is 0.392 e. The predicted molar refractivity (Wildman–Crippen MR) is 81.9 cm³/mol. The molecule has 1 N–H and O–H groups in total. The molecule has 118 valence electrons. The quantitative estimate of drug-likeness (QED) is 0.877. The summed E-state index contributed by atoms with van der Waals surface area (Å²) < 4.78 is 41.5. The summed E-state index contributed by atoms with van der Waals surface area (Å²) in [7, 11) is -3.87. The third-order valence-electron chi connectivity index (χ3n) is 3.68. The Bertz CT molecular complexity index is 598. The number of halogens is 2. The summed E-state index contributed by atoms with van der Waals surface area (Å²) in [5, 5.41) is 9.16. The van der Waals surface area contributed by atoms with Crippen molar-refractivity contribution in [2.75, 3.05) is 13.1 Å². The molecule has 0 saturated carbocycles. The van der Waals surface area contributed by atoms with E-state index in [2.05, 4.69) is 15.9 Å². The van der Waals surface area contributed by atoms with Crippen LogP contribution in [0.4, 0.5) is 4.39 Å². The zero-order chi connectivity index (χ0) is 15.5. The number of benzene rings is 1. The van der Waals surface area contributed by atoms with Crippen molar-refractivity contribution in [2.45, 2.75) is 43.6 Å². The molecule has 1 aromatic carbocycles. The number of hydrogen-bond donors (Lipinski definition) is 1. The summed E-state index contributed by atoms with van der Waals surface area (Å²) in [6, 6.07) is 2.66. The SMILES string of the molecule is O=S(=O)(c1cc(Br)cc(CO)c1F)N1CCCCCCC1. The van der Waals surface area contributed by atoms with Gasteiger partial charge in [-0.05, 0) is 25.0 Å². The first-order valence-electron chi connectivity index (χ1n) is 7.05. The van der Waals surface area contributed by atoms with Crippen molar-refractivity contribution in [1.29, 1.82) is 0 Å². The van der Waals surface area contributed by atoms with E-state index in [1.807, 2.05) is 0 Å². The van der Waals surface area contributed by atoms with Gasteiger partial charge in [-0.3, -0.25) is 0 Å². The minimum Gasteiger partial charge on any atom is -0.392 e. The molecule has 0 unspecified atom stereocenters. The second-order valence-corrected chi connectivity index (χ2v) is 8.03. The molecule has 1 aliphatic rings. The second-order valence-electron chi connectivity index (χ2n) is 5.21. The molecule has 0 bridgehead atoms. The van der Waals surface area contributed by atoms with Crippen molar-refractivity contribution in [1.82, 2.24) is 4.31 Å². The van der Waals surface area contributed by atoms with Gasteiger partial charge in [0.25, 0.3) is 0 Å². The Hall–Kier alpha value is -0.500. The van der Waals surface area contributed by atoms with E-state index in [-0.39, 0.29) is 10.5 Å². The van der Waals surface area contributed by atoms with E-state index in [1.165, 1.54) is 16.4 Å². The van der Waals surface area contributed by atoms with Crippen molar-refractivity contribution in [3.63, 3.8) is 0 Å². The highest BCUT2D eigenvalue weighted by Crippen LogP contribution is 2.28. The molecule has 0 aliphatic carbocycles. The van der Waals surface area contributed by atoms with Crippen molar-refractivity contribution in [3.8, 4) is 0 Å². The molecular weight excluding hydrogens is 361 g/mol. The lowest BCUT2D eigenvalue weighted by molar-refractivity contribution is 0.274. The Morgan fingerprint density at radius 2 is 1.71 bits per heavy atom. The Kier molecular flexibility index (Phi) is 5.76. The first-order chi connectivity index (χ1) is 9.96. The standard InChI is InChI=1S/C14H19BrFNO3S/c15-12-8-11(10-18)14(16)13(9-12)21(19,20)17-6-4-2-1-3-5-7-17/h8-9,18H,1-7,10H2. The first-order valence-corrected chi connectivity index (χ1v) is 9.29. The van der Waals surface area contributed by atoms with E-state index in [4.69, 9.17) is 5.11 Å². The number of aliphatic hydroxyl groups is 1. The fourth-order valence-corrected chi connectivity index (χ4v) is 4.83. The average Bonchev–Trinajstić information content (AvgIpc) is 2.40. The predicted octanol–water partition coefficient (Wildman–Crippen LogP) is 3.04. The summed E-state index contributed by atoms with van der Waals surface area (Å²) in [5.74, 6) is -0.859. The molecule has 0 spiro atoms. The lowest BCUT2D eigenvalue weighted by Gasteiger charge is -2.24. The number of nitrogens with zero attached hydrogens (tertiary/aromatic N) is 1. The van der Waals surface area contributed by atoms with Crippen LogP contribution in [0.1, 0.15) is 37.7 Å². The van der Waals surface area contributed by atoms with Crippen LogP contribution in [-0.4, -0.2) is 30.9 Å². The summed E-state index contributed by atoms with van der Waals surface area (Å²) in [5.41, 5.74) is -0.0185. The van der Waals surface area contributed by atoms with Crippen LogP contribution in [0.15, 0.2) is 21.5 Å². The van der Waals surface area contributed by atoms with Crippen LogP contribution in [-0.2, 0) is 16.6 Å². The van der Waals surface area contributed by atoms with Crippen LogP contribution in [0.5, 0.6) is 0 Å². The smallest absolute Gasteiger partial charge is 0.246 e. The van der Waals surface area contributed by atoms with Crippen LogP contribution in [0.25, 0.3) is 0 Å². The number of rotatable bonds is 3. The molecule has 0 aromatic heterocycles. The molecule has 1 aliphatic heterocycles. The highest BCUT2D eigenvalue weighted by Gasteiger charge is 2.29. The molecule has 0 radical (unpaired) electrons. The third-order valence-corrected chi connectivity index (χ3v) is 6.04. The van der Waals surface area contributed by atoms with E-state index in [1.54, 1.807) is 0 Å². The third kappa shape index (κ3) is 3.83. The highest BCUT2D eigenvalue weighted by atomic mass is 79.9. The van der Waals surface area contributed by atoms with Gasteiger partial charge in [0.05, 0.1) is 6.61 Å². The van der Waals surface area contributed by atoms with Crippen molar-refractivity contribution in [2.24, 2.45) is 0 Å². The molecule has 4 nitrogen and oxygen atoms in total. The zero-order valence-electron chi connectivity index (χ0n) is 11.7. The molecule has 1 aromatic rings. The van der Waals surface area contributed by atoms with Gasteiger partial charge in [0.2, 0.25) is 10.0 Å². The molecule has 0 amide bonds.